The number of carbonyl (C=O) groups is 1. The number of halogens is 2. The average molecular weight is 419 g/mol. The van der Waals surface area contributed by atoms with Crippen molar-refractivity contribution in [1.29, 1.82) is 0 Å². The number of rotatable bonds is 6. The Morgan fingerprint density at radius 1 is 1.26 bits per heavy atom. The Labute approximate surface area is 171 Å². The van der Waals surface area contributed by atoms with E-state index in [-0.39, 0.29) is 5.91 Å². The van der Waals surface area contributed by atoms with Crippen molar-refractivity contribution in [3.05, 3.63) is 69.5 Å². The molecule has 0 aliphatic carbocycles. The lowest BCUT2D eigenvalue weighted by Crippen LogP contribution is -2.07. The second-order valence-electron chi connectivity index (χ2n) is 5.46. The number of amides is 1. The van der Waals surface area contributed by atoms with E-state index >= 15 is 0 Å². The number of hydrogen-bond donors (Lipinski definition) is 1. The van der Waals surface area contributed by atoms with E-state index in [1.165, 1.54) is 17.4 Å². The molecule has 138 valence electrons. The van der Waals surface area contributed by atoms with Crippen LogP contribution >= 0.6 is 34.5 Å². The molecule has 1 aromatic heterocycles. The number of aromatic nitrogens is 1. The summed E-state index contributed by atoms with van der Waals surface area (Å²) in [6.45, 7) is 2.48. The first-order chi connectivity index (χ1) is 13.1. The van der Waals surface area contributed by atoms with Crippen molar-refractivity contribution >= 4 is 51.7 Å². The fraction of sp³-hybridized carbons (Fsp3) is 0.100. The van der Waals surface area contributed by atoms with E-state index < -0.39 is 0 Å². The molecule has 7 heteroatoms. The molecule has 0 saturated heterocycles. The van der Waals surface area contributed by atoms with E-state index in [9.17, 15) is 4.79 Å². The van der Waals surface area contributed by atoms with E-state index in [0.29, 0.717) is 27.5 Å². The van der Waals surface area contributed by atoms with Gasteiger partial charge in [-0.15, -0.1) is 11.3 Å². The van der Waals surface area contributed by atoms with Crippen molar-refractivity contribution in [1.82, 2.24) is 4.98 Å². The van der Waals surface area contributed by atoms with Gasteiger partial charge in [-0.1, -0.05) is 41.4 Å². The van der Waals surface area contributed by atoms with E-state index in [2.05, 4.69) is 10.3 Å². The van der Waals surface area contributed by atoms with Crippen LogP contribution in [0.3, 0.4) is 0 Å². The molecule has 1 N–H and O–H groups in total. The Bertz CT molecular complexity index is 986. The molecule has 0 aliphatic rings. The van der Waals surface area contributed by atoms with E-state index in [1.807, 2.05) is 36.6 Å². The smallest absolute Gasteiger partial charge is 0.250 e. The fourth-order valence-corrected chi connectivity index (χ4v) is 3.59. The number of nitrogens with one attached hydrogen (secondary N) is 1. The van der Waals surface area contributed by atoms with Crippen LogP contribution in [0.5, 0.6) is 5.75 Å². The number of hydrogen-bond acceptors (Lipinski definition) is 4. The van der Waals surface area contributed by atoms with Crippen LogP contribution in [0.4, 0.5) is 5.13 Å². The summed E-state index contributed by atoms with van der Waals surface area (Å²) in [5.74, 6) is 0.461. The Balaban J connectivity index is 1.69. The quantitative estimate of drug-likeness (QED) is 0.487. The van der Waals surface area contributed by atoms with Crippen molar-refractivity contribution in [3.8, 4) is 17.0 Å². The zero-order valence-electron chi connectivity index (χ0n) is 14.4. The van der Waals surface area contributed by atoms with Crippen molar-refractivity contribution in [3.63, 3.8) is 0 Å². The van der Waals surface area contributed by atoms with Gasteiger partial charge in [0, 0.05) is 27.6 Å². The number of ether oxygens (including phenoxy) is 1. The maximum atomic E-state index is 12.2. The van der Waals surface area contributed by atoms with Crippen LogP contribution in [0.25, 0.3) is 17.3 Å². The van der Waals surface area contributed by atoms with Gasteiger partial charge in [0.25, 0.3) is 0 Å². The largest absolute Gasteiger partial charge is 0.493 e. The third kappa shape index (κ3) is 5.10. The second-order valence-corrected chi connectivity index (χ2v) is 7.16. The summed E-state index contributed by atoms with van der Waals surface area (Å²) in [6, 6.07) is 12.7. The highest BCUT2D eigenvalue weighted by Gasteiger charge is 2.10. The van der Waals surface area contributed by atoms with Crippen molar-refractivity contribution < 1.29 is 9.53 Å². The zero-order chi connectivity index (χ0) is 19.2. The van der Waals surface area contributed by atoms with Gasteiger partial charge in [-0.05, 0) is 37.3 Å². The van der Waals surface area contributed by atoms with Crippen LogP contribution in [0, 0.1) is 0 Å². The lowest BCUT2D eigenvalue weighted by Gasteiger charge is -2.06. The highest BCUT2D eigenvalue weighted by molar-refractivity contribution is 7.14. The Morgan fingerprint density at radius 2 is 2.07 bits per heavy atom. The molecule has 0 radical (unpaired) electrons. The van der Waals surface area contributed by atoms with Crippen LogP contribution in [0.1, 0.15) is 12.5 Å². The summed E-state index contributed by atoms with van der Waals surface area (Å²) in [4.78, 5) is 16.6. The molecule has 1 amide bonds. The zero-order valence-corrected chi connectivity index (χ0v) is 16.7. The summed E-state index contributed by atoms with van der Waals surface area (Å²) < 4.78 is 5.54. The minimum Gasteiger partial charge on any atom is -0.493 e. The average Bonchev–Trinajstić information content (AvgIpc) is 3.09. The molecule has 3 aromatic rings. The number of carbonyl (C=O) groups excluding carboxylic acids is 1. The highest BCUT2D eigenvalue weighted by atomic mass is 35.5. The highest BCUT2D eigenvalue weighted by Crippen LogP contribution is 2.32. The third-order valence-electron chi connectivity index (χ3n) is 3.57. The van der Waals surface area contributed by atoms with Gasteiger partial charge in [0.15, 0.2) is 5.13 Å². The topological polar surface area (TPSA) is 51.2 Å². The van der Waals surface area contributed by atoms with Gasteiger partial charge in [0.1, 0.15) is 5.75 Å². The van der Waals surface area contributed by atoms with E-state index in [4.69, 9.17) is 27.9 Å². The molecule has 27 heavy (non-hydrogen) atoms. The van der Waals surface area contributed by atoms with Gasteiger partial charge < -0.3 is 4.74 Å². The molecule has 0 saturated carbocycles. The normalized spacial score (nSPS) is 10.9. The minimum atomic E-state index is -0.274. The summed E-state index contributed by atoms with van der Waals surface area (Å²) in [6.07, 6.45) is 3.17. The summed E-state index contributed by atoms with van der Waals surface area (Å²) in [5, 5.41) is 6.15. The molecule has 0 fully saturated rings. The number of nitrogens with zero attached hydrogens (tertiary/aromatic N) is 1. The van der Waals surface area contributed by atoms with Crippen LogP contribution in [0.15, 0.2) is 53.9 Å². The van der Waals surface area contributed by atoms with E-state index in [1.54, 1.807) is 24.3 Å². The number of para-hydroxylation sites is 1. The molecule has 2 aromatic carbocycles. The van der Waals surface area contributed by atoms with Gasteiger partial charge >= 0.3 is 0 Å². The van der Waals surface area contributed by atoms with Crippen molar-refractivity contribution in [2.45, 2.75) is 6.92 Å². The summed E-state index contributed by atoms with van der Waals surface area (Å²) in [5.41, 5.74) is 2.28. The summed E-state index contributed by atoms with van der Waals surface area (Å²) in [7, 11) is 0. The number of anilines is 1. The number of benzene rings is 2. The monoisotopic (exact) mass is 418 g/mol. The predicted molar refractivity (Wildman–Crippen MR) is 113 cm³/mol. The molecule has 0 aliphatic heterocycles. The molecular weight excluding hydrogens is 403 g/mol. The van der Waals surface area contributed by atoms with Gasteiger partial charge in [0.05, 0.1) is 17.3 Å². The van der Waals surface area contributed by atoms with Gasteiger partial charge in [-0.3, -0.25) is 10.1 Å². The first kappa shape index (κ1) is 19.4. The van der Waals surface area contributed by atoms with Crippen molar-refractivity contribution in [2.75, 3.05) is 11.9 Å². The van der Waals surface area contributed by atoms with E-state index in [0.717, 1.165) is 16.9 Å². The minimum absolute atomic E-state index is 0.274. The Hall–Kier alpha value is -2.34. The SMILES string of the molecule is CCOc1ccccc1C=CC(=O)Nc1nc(-c2ccc(Cl)cc2Cl)cs1. The van der Waals surface area contributed by atoms with Crippen LogP contribution in [-0.2, 0) is 4.79 Å². The Morgan fingerprint density at radius 3 is 2.85 bits per heavy atom. The first-order valence-electron chi connectivity index (χ1n) is 8.18. The lowest BCUT2D eigenvalue weighted by molar-refractivity contribution is -0.111. The van der Waals surface area contributed by atoms with Gasteiger partial charge in [-0.25, -0.2) is 4.98 Å². The molecule has 3 rings (SSSR count). The standard InChI is InChI=1S/C20H16Cl2N2O2S/c1-2-26-18-6-4-3-5-13(18)7-10-19(25)24-20-23-17(12-27-20)15-9-8-14(21)11-16(15)22/h3-12H,2H2,1H3,(H,23,24,25). The molecule has 0 atom stereocenters. The maximum absolute atomic E-state index is 12.2. The first-order valence-corrected chi connectivity index (χ1v) is 9.82. The third-order valence-corrected chi connectivity index (χ3v) is 4.88. The fourth-order valence-electron chi connectivity index (χ4n) is 2.37. The molecular formula is C20H16Cl2N2O2S. The number of thiazole rings is 1. The second kappa shape index (κ2) is 9.04. The molecule has 0 unspecified atom stereocenters. The molecule has 1 heterocycles. The van der Waals surface area contributed by atoms with Crippen LogP contribution in [0.2, 0.25) is 10.0 Å². The van der Waals surface area contributed by atoms with Gasteiger partial charge in [0.2, 0.25) is 5.91 Å². The summed E-state index contributed by atoms with van der Waals surface area (Å²) >= 11 is 13.5. The maximum Gasteiger partial charge on any atom is 0.250 e. The predicted octanol–water partition coefficient (Wildman–Crippen LogP) is 6.17. The Kier molecular flexibility index (Phi) is 6.50. The lowest BCUT2D eigenvalue weighted by atomic mass is 10.2. The molecule has 0 bridgehead atoms. The van der Waals surface area contributed by atoms with Crippen LogP contribution < -0.4 is 10.1 Å². The van der Waals surface area contributed by atoms with Crippen LogP contribution in [-0.4, -0.2) is 17.5 Å². The van der Waals surface area contributed by atoms with Crippen molar-refractivity contribution in [2.24, 2.45) is 0 Å². The molecule has 4 nitrogen and oxygen atoms in total. The molecule has 0 spiro atoms. The van der Waals surface area contributed by atoms with Gasteiger partial charge in [-0.2, -0.15) is 0 Å².